The first-order chi connectivity index (χ1) is 7.29. The summed E-state index contributed by atoms with van der Waals surface area (Å²) in [5, 5.41) is 9.90. The normalized spacial score (nSPS) is 27.3. The minimum Gasteiger partial charge on any atom is -0.388 e. The third-order valence-electron chi connectivity index (χ3n) is 3.16. The molecular weight excluding hydrogens is 190 g/mol. The number of aliphatic hydroxyl groups excluding tert-OH is 1. The van der Waals surface area contributed by atoms with Gasteiger partial charge in [0, 0.05) is 19.0 Å². The van der Waals surface area contributed by atoms with Crippen LogP contribution in [-0.4, -0.2) is 22.8 Å². The molecule has 2 N–H and O–H groups in total. The number of aliphatic hydroxyl groups is 1. The van der Waals surface area contributed by atoms with Crippen molar-refractivity contribution in [1.29, 1.82) is 0 Å². The lowest BCUT2D eigenvalue weighted by Gasteiger charge is -2.35. The molecule has 1 heterocycles. The summed E-state index contributed by atoms with van der Waals surface area (Å²) in [6, 6.07) is 1.93. The zero-order valence-corrected chi connectivity index (χ0v) is 9.15. The first-order valence-electron chi connectivity index (χ1n) is 5.72. The third kappa shape index (κ3) is 2.61. The highest BCUT2D eigenvalue weighted by molar-refractivity contribution is 5.12. The molecule has 1 saturated carbocycles. The maximum atomic E-state index is 9.90. The fourth-order valence-corrected chi connectivity index (χ4v) is 2.23. The Morgan fingerprint density at radius 1 is 1.60 bits per heavy atom. The average Bonchev–Trinajstić information content (AvgIpc) is 2.67. The molecular formula is C12H19NO2. The zero-order valence-electron chi connectivity index (χ0n) is 9.15. The fourth-order valence-electron chi connectivity index (χ4n) is 2.23. The van der Waals surface area contributed by atoms with Crippen molar-refractivity contribution < 1.29 is 9.84 Å². The number of hydrogen-bond acceptors (Lipinski definition) is 2. The molecule has 1 aliphatic carbocycles. The number of H-pyrrole nitrogens is 1. The van der Waals surface area contributed by atoms with Gasteiger partial charge in [0.05, 0.1) is 12.2 Å². The number of hydrogen-bond donors (Lipinski definition) is 2. The van der Waals surface area contributed by atoms with Crippen LogP contribution in [0.3, 0.4) is 0 Å². The van der Waals surface area contributed by atoms with E-state index in [-0.39, 0.29) is 6.10 Å². The van der Waals surface area contributed by atoms with Gasteiger partial charge in [0.2, 0.25) is 0 Å². The molecule has 3 heteroatoms. The van der Waals surface area contributed by atoms with Crippen molar-refractivity contribution >= 4 is 0 Å². The summed E-state index contributed by atoms with van der Waals surface area (Å²) in [7, 11) is 0. The first-order valence-corrected chi connectivity index (χ1v) is 5.72. The van der Waals surface area contributed by atoms with Gasteiger partial charge in [0.25, 0.3) is 0 Å². The van der Waals surface area contributed by atoms with Crippen molar-refractivity contribution in [3.05, 3.63) is 24.0 Å². The summed E-state index contributed by atoms with van der Waals surface area (Å²) in [6.07, 6.45) is 6.92. The van der Waals surface area contributed by atoms with Gasteiger partial charge in [-0.05, 0) is 43.7 Å². The molecule has 1 aliphatic rings. The van der Waals surface area contributed by atoms with Crippen molar-refractivity contribution in [2.75, 3.05) is 6.61 Å². The fraction of sp³-hybridized carbons (Fsp3) is 0.667. The molecule has 0 radical (unpaired) electrons. The van der Waals surface area contributed by atoms with Crippen LogP contribution in [0.1, 0.15) is 37.9 Å². The highest BCUT2D eigenvalue weighted by Gasteiger charge is 2.31. The van der Waals surface area contributed by atoms with Gasteiger partial charge < -0.3 is 14.8 Å². The lowest BCUT2D eigenvalue weighted by atomic mass is 9.78. The number of ether oxygens (including phenoxy) is 1. The molecule has 1 unspecified atom stereocenters. The van der Waals surface area contributed by atoms with Crippen molar-refractivity contribution in [3.63, 3.8) is 0 Å². The van der Waals surface area contributed by atoms with Crippen LogP contribution in [-0.2, 0) is 4.74 Å². The second kappa shape index (κ2) is 4.81. The van der Waals surface area contributed by atoms with Crippen LogP contribution in [0.2, 0.25) is 0 Å². The second-order valence-electron chi connectivity index (χ2n) is 4.31. The Labute approximate surface area is 90.5 Å². The standard InChI is InChI=1S/C12H19NO2/c1-2-15-11-5-9(6-11)7-12(14)10-3-4-13-8-10/h3-4,8-9,11-14H,2,5-7H2,1H3. The lowest BCUT2D eigenvalue weighted by Crippen LogP contribution is -2.32. The van der Waals surface area contributed by atoms with Crippen molar-refractivity contribution in [2.45, 2.75) is 38.4 Å². The summed E-state index contributed by atoms with van der Waals surface area (Å²) >= 11 is 0. The van der Waals surface area contributed by atoms with E-state index in [9.17, 15) is 5.11 Å². The van der Waals surface area contributed by atoms with Crippen molar-refractivity contribution in [2.24, 2.45) is 5.92 Å². The van der Waals surface area contributed by atoms with Gasteiger partial charge >= 0.3 is 0 Å². The topological polar surface area (TPSA) is 45.2 Å². The Bertz CT molecular complexity index is 278. The highest BCUT2D eigenvalue weighted by atomic mass is 16.5. The molecule has 0 amide bonds. The van der Waals surface area contributed by atoms with E-state index >= 15 is 0 Å². The minimum absolute atomic E-state index is 0.316. The van der Waals surface area contributed by atoms with Crippen LogP contribution in [0.4, 0.5) is 0 Å². The largest absolute Gasteiger partial charge is 0.388 e. The van der Waals surface area contributed by atoms with Gasteiger partial charge in [0.1, 0.15) is 0 Å². The summed E-state index contributed by atoms with van der Waals surface area (Å²) in [5.41, 5.74) is 0.995. The van der Waals surface area contributed by atoms with E-state index < -0.39 is 0 Å². The van der Waals surface area contributed by atoms with E-state index in [4.69, 9.17) is 4.74 Å². The maximum Gasteiger partial charge on any atom is 0.0807 e. The SMILES string of the molecule is CCOC1CC(CC(O)c2cc[nH]c2)C1. The Kier molecular flexibility index (Phi) is 3.44. The van der Waals surface area contributed by atoms with E-state index in [2.05, 4.69) is 4.98 Å². The second-order valence-corrected chi connectivity index (χ2v) is 4.31. The number of aromatic amines is 1. The highest BCUT2D eigenvalue weighted by Crippen LogP contribution is 2.36. The molecule has 0 spiro atoms. The quantitative estimate of drug-likeness (QED) is 0.781. The summed E-state index contributed by atoms with van der Waals surface area (Å²) in [6.45, 7) is 2.83. The lowest BCUT2D eigenvalue weighted by molar-refractivity contribution is -0.0380. The number of rotatable bonds is 5. The molecule has 2 rings (SSSR count). The Morgan fingerprint density at radius 3 is 3.00 bits per heavy atom. The van der Waals surface area contributed by atoms with Crippen LogP contribution in [0.15, 0.2) is 18.5 Å². The Balaban J connectivity index is 1.71. The maximum absolute atomic E-state index is 9.90. The monoisotopic (exact) mass is 209 g/mol. The van der Waals surface area contributed by atoms with Crippen molar-refractivity contribution in [3.8, 4) is 0 Å². The molecule has 0 aromatic carbocycles. The molecule has 1 fully saturated rings. The molecule has 1 aromatic rings. The van der Waals surface area contributed by atoms with Gasteiger partial charge in [-0.25, -0.2) is 0 Å². The average molecular weight is 209 g/mol. The van der Waals surface area contributed by atoms with Crippen LogP contribution in [0, 0.1) is 5.92 Å². The molecule has 84 valence electrons. The molecule has 1 atom stereocenters. The number of aromatic nitrogens is 1. The van der Waals surface area contributed by atoms with Gasteiger partial charge in [0.15, 0.2) is 0 Å². The van der Waals surface area contributed by atoms with E-state index in [1.165, 1.54) is 0 Å². The van der Waals surface area contributed by atoms with E-state index in [1.54, 1.807) is 0 Å². The smallest absolute Gasteiger partial charge is 0.0807 e. The van der Waals surface area contributed by atoms with Gasteiger partial charge in [-0.2, -0.15) is 0 Å². The Hall–Kier alpha value is -0.800. The summed E-state index contributed by atoms with van der Waals surface area (Å²) in [5.74, 6) is 0.631. The summed E-state index contributed by atoms with van der Waals surface area (Å²) in [4.78, 5) is 2.96. The van der Waals surface area contributed by atoms with Crippen molar-refractivity contribution in [1.82, 2.24) is 4.98 Å². The van der Waals surface area contributed by atoms with Crippen LogP contribution in [0.5, 0.6) is 0 Å². The third-order valence-corrected chi connectivity index (χ3v) is 3.16. The molecule has 15 heavy (non-hydrogen) atoms. The predicted molar refractivity (Wildman–Crippen MR) is 58.5 cm³/mol. The molecule has 3 nitrogen and oxygen atoms in total. The zero-order chi connectivity index (χ0) is 10.7. The predicted octanol–water partition coefficient (Wildman–Crippen LogP) is 2.25. The summed E-state index contributed by atoms with van der Waals surface area (Å²) < 4.78 is 5.49. The van der Waals surface area contributed by atoms with Gasteiger partial charge in [-0.15, -0.1) is 0 Å². The molecule has 0 aliphatic heterocycles. The van der Waals surface area contributed by atoms with Gasteiger partial charge in [-0.3, -0.25) is 0 Å². The molecule has 1 aromatic heterocycles. The molecule has 0 bridgehead atoms. The first kappa shape index (κ1) is 10.7. The number of nitrogens with one attached hydrogen (secondary N) is 1. The van der Waals surface area contributed by atoms with E-state index in [0.29, 0.717) is 12.0 Å². The minimum atomic E-state index is -0.316. The Morgan fingerprint density at radius 2 is 2.40 bits per heavy atom. The van der Waals surface area contributed by atoms with E-state index in [1.807, 2.05) is 25.4 Å². The van der Waals surface area contributed by atoms with Crippen LogP contribution in [0.25, 0.3) is 0 Å². The van der Waals surface area contributed by atoms with Gasteiger partial charge in [-0.1, -0.05) is 0 Å². The van der Waals surface area contributed by atoms with Crippen LogP contribution < -0.4 is 0 Å². The van der Waals surface area contributed by atoms with E-state index in [0.717, 1.165) is 31.4 Å². The van der Waals surface area contributed by atoms with Crippen LogP contribution >= 0.6 is 0 Å². The molecule has 0 saturated heterocycles.